The largest absolute Gasteiger partial charge is 0.481 e. The lowest BCUT2D eigenvalue weighted by Crippen LogP contribution is -2.17. The molecule has 1 aromatic carbocycles. The van der Waals surface area contributed by atoms with E-state index in [4.69, 9.17) is 4.74 Å². The molecule has 0 radical (unpaired) electrons. The zero-order valence-electron chi connectivity index (χ0n) is 14.1. The number of aromatic nitrogens is 3. The first-order valence-corrected chi connectivity index (χ1v) is 7.72. The molecule has 0 saturated heterocycles. The minimum absolute atomic E-state index is 0.666. The SMILES string of the molecule is COc1cc(C)c(CNCc2nc3ccccc3n2C)c(C)n1. The van der Waals surface area contributed by atoms with Crippen LogP contribution in [0.1, 0.15) is 22.6 Å². The van der Waals surface area contributed by atoms with Crippen molar-refractivity contribution in [2.24, 2.45) is 7.05 Å². The molecule has 1 N–H and O–H groups in total. The van der Waals surface area contributed by atoms with Crippen LogP contribution in [0.2, 0.25) is 0 Å². The summed E-state index contributed by atoms with van der Waals surface area (Å²) in [6.07, 6.45) is 0. The Bertz CT molecular complexity index is 815. The van der Waals surface area contributed by atoms with Crippen LogP contribution >= 0.6 is 0 Å². The van der Waals surface area contributed by atoms with E-state index in [1.54, 1.807) is 7.11 Å². The van der Waals surface area contributed by atoms with Gasteiger partial charge in [0.1, 0.15) is 5.82 Å². The third-order valence-electron chi connectivity index (χ3n) is 4.20. The molecular formula is C18H22N4O. The van der Waals surface area contributed by atoms with Gasteiger partial charge in [-0.3, -0.25) is 0 Å². The molecule has 0 atom stereocenters. The van der Waals surface area contributed by atoms with Gasteiger partial charge in [0.25, 0.3) is 0 Å². The summed E-state index contributed by atoms with van der Waals surface area (Å²) < 4.78 is 7.34. The van der Waals surface area contributed by atoms with Gasteiger partial charge in [0.15, 0.2) is 0 Å². The van der Waals surface area contributed by atoms with Crippen molar-refractivity contribution in [3.05, 3.63) is 53.0 Å². The topological polar surface area (TPSA) is 52.0 Å². The van der Waals surface area contributed by atoms with Crippen molar-refractivity contribution in [2.75, 3.05) is 7.11 Å². The maximum atomic E-state index is 5.21. The molecule has 0 fully saturated rings. The Morgan fingerprint density at radius 3 is 2.61 bits per heavy atom. The highest BCUT2D eigenvalue weighted by Crippen LogP contribution is 2.18. The zero-order valence-corrected chi connectivity index (χ0v) is 14.1. The number of benzene rings is 1. The summed E-state index contributed by atoms with van der Waals surface area (Å²) in [6.45, 7) is 5.58. The first kappa shape index (κ1) is 15.5. The summed E-state index contributed by atoms with van der Waals surface area (Å²) in [4.78, 5) is 9.13. The van der Waals surface area contributed by atoms with E-state index in [9.17, 15) is 0 Å². The third kappa shape index (κ3) is 3.05. The predicted octanol–water partition coefficient (Wildman–Crippen LogP) is 2.88. The molecule has 0 aliphatic carbocycles. The van der Waals surface area contributed by atoms with E-state index in [0.29, 0.717) is 5.88 Å². The fraction of sp³-hybridized carbons (Fsp3) is 0.333. The molecule has 2 aromatic heterocycles. The summed E-state index contributed by atoms with van der Waals surface area (Å²) in [5, 5.41) is 3.47. The van der Waals surface area contributed by atoms with Gasteiger partial charge in [-0.05, 0) is 37.1 Å². The van der Waals surface area contributed by atoms with Crippen LogP contribution in [0.15, 0.2) is 30.3 Å². The molecule has 120 valence electrons. The standard InChI is InChI=1S/C18H22N4O/c1-12-9-18(23-4)20-13(2)14(12)10-19-11-17-21-15-7-5-6-8-16(15)22(17)3/h5-9,19H,10-11H2,1-4H3. The summed E-state index contributed by atoms with van der Waals surface area (Å²) in [5.74, 6) is 1.70. The van der Waals surface area contributed by atoms with Crippen LogP contribution in [0.4, 0.5) is 0 Å². The van der Waals surface area contributed by atoms with Crippen molar-refractivity contribution in [3.8, 4) is 5.88 Å². The van der Waals surface area contributed by atoms with Crippen molar-refractivity contribution in [3.63, 3.8) is 0 Å². The molecule has 2 heterocycles. The number of hydrogen-bond donors (Lipinski definition) is 1. The second-order valence-corrected chi connectivity index (χ2v) is 5.72. The molecule has 0 aliphatic rings. The van der Waals surface area contributed by atoms with Crippen LogP contribution in [0.5, 0.6) is 5.88 Å². The molecule has 0 saturated carbocycles. The molecule has 3 aromatic rings. The van der Waals surface area contributed by atoms with Gasteiger partial charge >= 0.3 is 0 Å². The summed E-state index contributed by atoms with van der Waals surface area (Å²) in [7, 11) is 3.70. The number of fused-ring (bicyclic) bond motifs is 1. The van der Waals surface area contributed by atoms with Gasteiger partial charge in [-0.2, -0.15) is 0 Å². The maximum Gasteiger partial charge on any atom is 0.213 e. The van der Waals surface area contributed by atoms with Crippen LogP contribution in [0.25, 0.3) is 11.0 Å². The Morgan fingerprint density at radius 1 is 1.13 bits per heavy atom. The van der Waals surface area contributed by atoms with Gasteiger partial charge in [0.2, 0.25) is 5.88 Å². The number of para-hydroxylation sites is 2. The molecule has 5 heteroatoms. The monoisotopic (exact) mass is 310 g/mol. The number of hydrogen-bond acceptors (Lipinski definition) is 4. The van der Waals surface area contributed by atoms with Gasteiger partial charge < -0.3 is 14.6 Å². The Kier molecular flexibility index (Phi) is 4.30. The summed E-state index contributed by atoms with van der Waals surface area (Å²) in [6, 6.07) is 10.2. The number of methoxy groups -OCH3 is 1. The lowest BCUT2D eigenvalue weighted by Gasteiger charge is -2.12. The average Bonchev–Trinajstić information content (AvgIpc) is 2.86. The van der Waals surface area contributed by atoms with Crippen LogP contribution in [-0.2, 0) is 20.1 Å². The van der Waals surface area contributed by atoms with Crippen molar-refractivity contribution < 1.29 is 4.74 Å². The van der Waals surface area contributed by atoms with E-state index in [1.165, 1.54) is 11.1 Å². The number of aryl methyl sites for hydroxylation is 3. The van der Waals surface area contributed by atoms with E-state index in [2.05, 4.69) is 39.9 Å². The fourth-order valence-corrected chi connectivity index (χ4v) is 2.85. The van der Waals surface area contributed by atoms with E-state index < -0.39 is 0 Å². The fourth-order valence-electron chi connectivity index (χ4n) is 2.85. The lowest BCUT2D eigenvalue weighted by molar-refractivity contribution is 0.396. The summed E-state index contributed by atoms with van der Waals surface area (Å²) in [5.41, 5.74) is 5.59. The Balaban J connectivity index is 1.73. The number of nitrogens with one attached hydrogen (secondary N) is 1. The zero-order chi connectivity index (χ0) is 16.4. The maximum absolute atomic E-state index is 5.21. The van der Waals surface area contributed by atoms with Crippen molar-refractivity contribution in [1.82, 2.24) is 19.9 Å². The highest BCUT2D eigenvalue weighted by Gasteiger charge is 2.09. The van der Waals surface area contributed by atoms with Gasteiger partial charge in [0.05, 0.1) is 24.7 Å². The lowest BCUT2D eigenvalue weighted by atomic mass is 10.1. The second kappa shape index (κ2) is 6.38. The first-order valence-electron chi connectivity index (χ1n) is 7.72. The molecular weight excluding hydrogens is 288 g/mol. The Morgan fingerprint density at radius 2 is 1.91 bits per heavy atom. The Hall–Kier alpha value is -2.40. The highest BCUT2D eigenvalue weighted by molar-refractivity contribution is 5.75. The van der Waals surface area contributed by atoms with E-state index in [0.717, 1.165) is 35.6 Å². The number of rotatable bonds is 5. The minimum Gasteiger partial charge on any atom is -0.481 e. The smallest absolute Gasteiger partial charge is 0.213 e. The van der Waals surface area contributed by atoms with Crippen LogP contribution < -0.4 is 10.1 Å². The van der Waals surface area contributed by atoms with Crippen molar-refractivity contribution in [2.45, 2.75) is 26.9 Å². The Labute approximate surface area is 136 Å². The quantitative estimate of drug-likeness (QED) is 0.787. The molecule has 3 rings (SSSR count). The van der Waals surface area contributed by atoms with E-state index >= 15 is 0 Å². The van der Waals surface area contributed by atoms with Crippen LogP contribution in [-0.4, -0.2) is 21.6 Å². The number of pyridine rings is 1. The highest BCUT2D eigenvalue weighted by atomic mass is 16.5. The van der Waals surface area contributed by atoms with Gasteiger partial charge in [-0.15, -0.1) is 0 Å². The second-order valence-electron chi connectivity index (χ2n) is 5.72. The van der Waals surface area contributed by atoms with E-state index in [-0.39, 0.29) is 0 Å². The van der Waals surface area contributed by atoms with Crippen molar-refractivity contribution >= 4 is 11.0 Å². The summed E-state index contributed by atoms with van der Waals surface area (Å²) >= 11 is 0. The van der Waals surface area contributed by atoms with Crippen LogP contribution in [0, 0.1) is 13.8 Å². The number of imidazole rings is 1. The van der Waals surface area contributed by atoms with Crippen LogP contribution in [0.3, 0.4) is 0 Å². The molecule has 0 unspecified atom stereocenters. The molecule has 0 aliphatic heterocycles. The molecule has 0 spiro atoms. The first-order chi connectivity index (χ1) is 11.1. The molecule has 23 heavy (non-hydrogen) atoms. The number of nitrogens with zero attached hydrogens (tertiary/aromatic N) is 3. The van der Waals surface area contributed by atoms with Gasteiger partial charge in [-0.25, -0.2) is 9.97 Å². The minimum atomic E-state index is 0.666. The van der Waals surface area contributed by atoms with Crippen molar-refractivity contribution in [1.29, 1.82) is 0 Å². The third-order valence-corrected chi connectivity index (χ3v) is 4.20. The van der Waals surface area contributed by atoms with Gasteiger partial charge in [0, 0.05) is 25.4 Å². The van der Waals surface area contributed by atoms with E-state index in [1.807, 2.05) is 31.2 Å². The molecule has 0 amide bonds. The van der Waals surface area contributed by atoms with Gasteiger partial charge in [-0.1, -0.05) is 12.1 Å². The normalized spacial score (nSPS) is 11.1. The molecule has 0 bridgehead atoms. The average molecular weight is 310 g/mol. The molecule has 5 nitrogen and oxygen atoms in total. The predicted molar refractivity (Wildman–Crippen MR) is 91.5 cm³/mol. The number of ether oxygens (including phenoxy) is 1.